The summed E-state index contributed by atoms with van der Waals surface area (Å²) in [6.07, 6.45) is 0. The number of amides is 2. The molecule has 0 aliphatic heterocycles. The van der Waals surface area contributed by atoms with Crippen LogP contribution in [0, 0.1) is 5.82 Å². The van der Waals surface area contributed by atoms with Crippen LogP contribution in [-0.4, -0.2) is 24.6 Å². The van der Waals surface area contributed by atoms with Gasteiger partial charge in [0.2, 0.25) is 0 Å². The van der Waals surface area contributed by atoms with Gasteiger partial charge in [-0.15, -0.1) is 0 Å². The quantitative estimate of drug-likeness (QED) is 0.263. The monoisotopic (exact) mass is 503 g/mol. The molecule has 0 aliphatic carbocycles. The van der Waals surface area contributed by atoms with Crippen molar-refractivity contribution in [3.63, 3.8) is 0 Å². The number of nitrogens with zero attached hydrogens (tertiary/aromatic N) is 1. The van der Waals surface area contributed by atoms with E-state index in [-0.39, 0.29) is 23.1 Å². The molecule has 3 aromatic rings. The molecule has 0 bridgehead atoms. The summed E-state index contributed by atoms with van der Waals surface area (Å²) < 4.78 is 24.2. The summed E-state index contributed by atoms with van der Waals surface area (Å²) in [6, 6.07) is 15.5. The van der Waals surface area contributed by atoms with Gasteiger partial charge in [-0.25, -0.2) is 9.82 Å². The van der Waals surface area contributed by atoms with Gasteiger partial charge in [-0.2, -0.15) is 5.10 Å². The van der Waals surface area contributed by atoms with Crippen molar-refractivity contribution in [3.05, 3.63) is 87.7 Å². The maximum atomic E-state index is 13.0. The Morgan fingerprint density at radius 3 is 2.41 bits per heavy atom. The van der Waals surface area contributed by atoms with Gasteiger partial charge in [0, 0.05) is 10.6 Å². The van der Waals surface area contributed by atoms with E-state index in [1.54, 1.807) is 43.3 Å². The van der Waals surface area contributed by atoms with Gasteiger partial charge in [0.25, 0.3) is 0 Å². The van der Waals surface area contributed by atoms with Gasteiger partial charge in [-0.1, -0.05) is 35.3 Å². The van der Waals surface area contributed by atoms with Crippen molar-refractivity contribution in [1.82, 2.24) is 5.43 Å². The van der Waals surface area contributed by atoms with Crippen molar-refractivity contribution < 1.29 is 23.5 Å². The first kappa shape index (κ1) is 25.0. The summed E-state index contributed by atoms with van der Waals surface area (Å²) in [6.45, 7) is 1.88. The van der Waals surface area contributed by atoms with Crippen molar-refractivity contribution in [2.24, 2.45) is 5.10 Å². The Balaban J connectivity index is 1.63. The molecule has 0 saturated heterocycles. The zero-order valence-corrected chi connectivity index (χ0v) is 19.7. The number of halogens is 3. The number of hydrogen-bond donors (Lipinski definition) is 2. The number of ether oxygens (including phenoxy) is 2. The summed E-state index contributed by atoms with van der Waals surface area (Å²) in [4.78, 5) is 24.2. The molecule has 0 atom stereocenters. The van der Waals surface area contributed by atoms with Gasteiger partial charge in [-0.3, -0.25) is 9.59 Å². The van der Waals surface area contributed by atoms with E-state index in [0.29, 0.717) is 27.8 Å². The largest absolute Gasteiger partial charge is 0.493 e. The Morgan fingerprint density at radius 2 is 1.71 bits per heavy atom. The summed E-state index contributed by atoms with van der Waals surface area (Å²) in [5.74, 6) is -1.35. The number of anilines is 1. The Labute approximate surface area is 205 Å². The van der Waals surface area contributed by atoms with Crippen LogP contribution in [0.5, 0.6) is 11.5 Å². The van der Waals surface area contributed by atoms with E-state index >= 15 is 0 Å². The molecule has 0 saturated carbocycles. The summed E-state index contributed by atoms with van der Waals surface area (Å²) in [5.41, 5.74) is 4.25. The number of benzene rings is 3. The highest BCUT2D eigenvalue weighted by Crippen LogP contribution is 2.29. The molecule has 0 heterocycles. The SMILES string of the molecule is COc1cc(C(C)=NNC(=O)C(=O)Nc2cc(Cl)ccc2Cl)ccc1OCc1ccc(F)cc1. The fourth-order valence-corrected chi connectivity index (χ4v) is 3.11. The van der Waals surface area contributed by atoms with Gasteiger partial charge in [0.05, 0.1) is 23.5 Å². The van der Waals surface area contributed by atoms with Crippen molar-refractivity contribution in [3.8, 4) is 11.5 Å². The Bertz CT molecular complexity index is 1230. The Kier molecular flexibility index (Phi) is 8.45. The van der Waals surface area contributed by atoms with E-state index < -0.39 is 11.8 Å². The molecular formula is C24H20Cl2FN3O4. The van der Waals surface area contributed by atoms with Crippen LogP contribution < -0.4 is 20.2 Å². The summed E-state index contributed by atoms with van der Waals surface area (Å²) >= 11 is 11.9. The molecule has 0 spiro atoms. The van der Waals surface area contributed by atoms with E-state index in [9.17, 15) is 14.0 Å². The Morgan fingerprint density at radius 1 is 0.971 bits per heavy atom. The molecule has 10 heteroatoms. The molecule has 0 radical (unpaired) electrons. The number of methoxy groups -OCH3 is 1. The molecule has 3 rings (SSSR count). The number of hydrogen-bond acceptors (Lipinski definition) is 5. The average Bonchev–Trinajstić information content (AvgIpc) is 2.84. The van der Waals surface area contributed by atoms with Crippen molar-refractivity contribution in [1.29, 1.82) is 0 Å². The molecule has 2 amide bonds. The third-order valence-corrected chi connectivity index (χ3v) is 5.16. The van der Waals surface area contributed by atoms with Crippen LogP contribution in [0.25, 0.3) is 0 Å². The number of hydrazone groups is 1. The maximum absolute atomic E-state index is 13.0. The molecule has 7 nitrogen and oxygen atoms in total. The van der Waals surface area contributed by atoms with Crippen LogP contribution in [-0.2, 0) is 16.2 Å². The minimum Gasteiger partial charge on any atom is -0.493 e. The third-order valence-electron chi connectivity index (χ3n) is 4.60. The summed E-state index contributed by atoms with van der Waals surface area (Å²) in [5, 5.41) is 6.94. The smallest absolute Gasteiger partial charge is 0.329 e. The lowest BCUT2D eigenvalue weighted by Gasteiger charge is -2.12. The second-order valence-electron chi connectivity index (χ2n) is 7.00. The van der Waals surface area contributed by atoms with Crippen molar-refractivity contribution >= 4 is 46.4 Å². The molecule has 0 fully saturated rings. The maximum Gasteiger partial charge on any atom is 0.329 e. The van der Waals surface area contributed by atoms with Crippen LogP contribution in [0.3, 0.4) is 0 Å². The van der Waals surface area contributed by atoms with Crippen molar-refractivity contribution in [2.75, 3.05) is 12.4 Å². The third kappa shape index (κ3) is 6.69. The zero-order chi connectivity index (χ0) is 24.7. The van der Waals surface area contributed by atoms with Gasteiger partial charge >= 0.3 is 11.8 Å². The standard InChI is InChI=1S/C24H20Cl2FN3O4/c1-14(29-30-24(32)23(31)28-20-12-17(25)6-9-19(20)26)16-5-10-21(22(11-16)33-2)34-13-15-3-7-18(27)8-4-15/h3-12H,13H2,1-2H3,(H,28,31)(H,30,32). The lowest BCUT2D eigenvalue weighted by Crippen LogP contribution is -2.33. The van der Waals surface area contributed by atoms with Crippen molar-refractivity contribution in [2.45, 2.75) is 13.5 Å². The van der Waals surface area contributed by atoms with Crippen LogP contribution >= 0.6 is 23.2 Å². The number of carbonyl (C=O) groups excluding carboxylic acids is 2. The fourth-order valence-electron chi connectivity index (χ4n) is 2.78. The van der Waals surface area contributed by atoms with E-state index in [0.717, 1.165) is 5.56 Å². The van der Waals surface area contributed by atoms with Gasteiger partial charge in [0.15, 0.2) is 11.5 Å². The minimum atomic E-state index is -0.985. The number of nitrogens with one attached hydrogen (secondary N) is 2. The second-order valence-corrected chi connectivity index (χ2v) is 7.84. The molecule has 2 N–H and O–H groups in total. The van der Waals surface area contributed by atoms with Gasteiger partial charge in [-0.05, 0) is 61.0 Å². The first-order chi connectivity index (χ1) is 16.3. The van der Waals surface area contributed by atoms with Crippen LogP contribution in [0.1, 0.15) is 18.1 Å². The minimum absolute atomic E-state index is 0.205. The zero-order valence-electron chi connectivity index (χ0n) is 18.2. The molecule has 34 heavy (non-hydrogen) atoms. The first-order valence-corrected chi connectivity index (χ1v) is 10.7. The predicted octanol–water partition coefficient (Wildman–Crippen LogP) is 5.20. The van der Waals surface area contributed by atoms with Crippen LogP contribution in [0.15, 0.2) is 65.8 Å². The van der Waals surface area contributed by atoms with Crippen LogP contribution in [0.4, 0.5) is 10.1 Å². The van der Waals surface area contributed by atoms with Crippen LogP contribution in [0.2, 0.25) is 10.0 Å². The highest BCUT2D eigenvalue weighted by atomic mass is 35.5. The lowest BCUT2D eigenvalue weighted by molar-refractivity contribution is -0.136. The number of carbonyl (C=O) groups is 2. The molecule has 0 aliphatic rings. The lowest BCUT2D eigenvalue weighted by atomic mass is 10.1. The first-order valence-electron chi connectivity index (χ1n) is 9.93. The molecule has 0 aromatic heterocycles. The number of rotatable bonds is 7. The topological polar surface area (TPSA) is 89.0 Å². The molecule has 0 unspecified atom stereocenters. The average molecular weight is 504 g/mol. The normalized spacial score (nSPS) is 11.0. The highest BCUT2D eigenvalue weighted by molar-refractivity contribution is 6.42. The van der Waals surface area contributed by atoms with E-state index in [1.165, 1.54) is 31.4 Å². The molecule has 176 valence electrons. The Hall–Kier alpha value is -3.62. The molecule has 3 aromatic carbocycles. The summed E-state index contributed by atoms with van der Waals surface area (Å²) in [7, 11) is 1.49. The van der Waals surface area contributed by atoms with Gasteiger partial charge < -0.3 is 14.8 Å². The second kappa shape index (κ2) is 11.5. The predicted molar refractivity (Wildman–Crippen MR) is 129 cm³/mol. The van der Waals surface area contributed by atoms with Gasteiger partial charge in [0.1, 0.15) is 12.4 Å². The molecular weight excluding hydrogens is 484 g/mol. The van der Waals surface area contributed by atoms with E-state index in [4.69, 9.17) is 32.7 Å². The fraction of sp³-hybridized carbons (Fsp3) is 0.125. The van der Waals surface area contributed by atoms with E-state index in [2.05, 4.69) is 15.8 Å². The highest BCUT2D eigenvalue weighted by Gasteiger charge is 2.15. The van der Waals surface area contributed by atoms with E-state index in [1.807, 2.05) is 0 Å².